The van der Waals surface area contributed by atoms with Gasteiger partial charge in [0.05, 0.1) is 30.3 Å². The third-order valence-corrected chi connectivity index (χ3v) is 9.23. The lowest BCUT2D eigenvalue weighted by Gasteiger charge is -2.29. The van der Waals surface area contributed by atoms with E-state index in [4.69, 9.17) is 22.1 Å². The molecule has 1 aromatic rings. The monoisotopic (exact) mass is 579 g/mol. The number of benzene rings is 1. The number of hydrogen-bond acceptors (Lipinski definition) is 6. The van der Waals surface area contributed by atoms with Gasteiger partial charge >= 0.3 is 0 Å². The molecule has 0 aromatic heterocycles. The van der Waals surface area contributed by atoms with Gasteiger partial charge in [-0.1, -0.05) is 45.7 Å². The van der Waals surface area contributed by atoms with E-state index >= 15 is 0 Å². The summed E-state index contributed by atoms with van der Waals surface area (Å²) in [4.78, 5) is 14.5. The van der Waals surface area contributed by atoms with Gasteiger partial charge in [0.25, 0.3) is 0 Å². The van der Waals surface area contributed by atoms with Gasteiger partial charge in [0.15, 0.2) is 9.84 Å². The van der Waals surface area contributed by atoms with Crippen LogP contribution < -0.4 is 16.0 Å². The van der Waals surface area contributed by atoms with Gasteiger partial charge in [-0.3, -0.25) is 4.79 Å². The van der Waals surface area contributed by atoms with Crippen molar-refractivity contribution in [1.82, 2.24) is 0 Å². The Hall–Kier alpha value is -2.07. The number of primary amides is 1. The largest absolute Gasteiger partial charge is 0.377 e. The third kappa shape index (κ3) is 4.96. The number of nitrogens with zero attached hydrogens (tertiary/aromatic N) is 1. The summed E-state index contributed by atoms with van der Waals surface area (Å²) in [6.45, 7) is 1.53. The van der Waals surface area contributed by atoms with Gasteiger partial charge in [0.1, 0.15) is 0 Å². The van der Waals surface area contributed by atoms with Crippen molar-refractivity contribution in [2.45, 2.75) is 24.5 Å². The van der Waals surface area contributed by atoms with Crippen molar-refractivity contribution in [2.75, 3.05) is 46.7 Å². The van der Waals surface area contributed by atoms with Crippen LogP contribution in [0.4, 0.5) is 11.4 Å². The first kappa shape index (κ1) is 24.6. The number of anilines is 2. The molecule has 10 heteroatoms. The van der Waals surface area contributed by atoms with Gasteiger partial charge < -0.3 is 20.7 Å². The van der Waals surface area contributed by atoms with Crippen LogP contribution in [0.5, 0.6) is 0 Å². The Morgan fingerprint density at radius 1 is 1.23 bits per heavy atom. The Bertz CT molecular complexity index is 1270. The predicted molar refractivity (Wildman–Crippen MR) is 143 cm³/mol. The third-order valence-electron chi connectivity index (χ3n) is 6.95. The molecule has 4 aliphatic rings. The number of fused-ring (bicyclic) bond motifs is 3. The fourth-order valence-corrected chi connectivity index (χ4v) is 6.76. The van der Waals surface area contributed by atoms with Crippen molar-refractivity contribution in [3.8, 4) is 0 Å². The standard InChI is InChI=1S/C25H27BrClN3O4S/c26-5-8-34-23-4-1-15(13-21(23)27)16-11-19-18-3-2-17(30-6-9-35(32,33)10-7-30)14-22(18)29-24(19)20(12-16)25(28)31/h1-3,11-14,19,23-24,29H,4-10H2,(H2,28,31). The lowest BCUT2D eigenvalue weighted by Crippen LogP contribution is -2.40. The number of carbonyl (C=O) groups excluding carboxylic acids is 1. The molecular formula is C25H27BrClN3O4S. The summed E-state index contributed by atoms with van der Waals surface area (Å²) in [5.41, 5.74) is 11.2. The highest BCUT2D eigenvalue weighted by atomic mass is 79.9. The number of carbonyl (C=O) groups is 1. The first-order valence-corrected chi connectivity index (χ1v) is 14.9. The lowest BCUT2D eigenvalue weighted by molar-refractivity contribution is -0.114. The molecule has 2 heterocycles. The molecule has 0 saturated carbocycles. The van der Waals surface area contributed by atoms with Crippen LogP contribution in [-0.4, -0.2) is 63.0 Å². The zero-order valence-corrected chi connectivity index (χ0v) is 22.2. The van der Waals surface area contributed by atoms with E-state index in [1.807, 2.05) is 24.3 Å². The van der Waals surface area contributed by atoms with Crippen molar-refractivity contribution in [2.24, 2.45) is 5.73 Å². The first-order chi connectivity index (χ1) is 16.8. The number of allylic oxidation sites excluding steroid dienone is 4. The number of rotatable bonds is 6. The Morgan fingerprint density at radius 2 is 2.00 bits per heavy atom. The molecule has 186 valence electrons. The van der Waals surface area contributed by atoms with Crippen LogP contribution in [0, 0.1) is 0 Å². The molecule has 2 aliphatic carbocycles. The van der Waals surface area contributed by atoms with E-state index in [-0.39, 0.29) is 29.6 Å². The summed E-state index contributed by atoms with van der Waals surface area (Å²) in [7, 11) is -2.95. The maximum Gasteiger partial charge on any atom is 0.246 e. The summed E-state index contributed by atoms with van der Waals surface area (Å²) < 4.78 is 29.4. The number of halogens is 2. The van der Waals surface area contributed by atoms with E-state index in [9.17, 15) is 13.2 Å². The smallest absolute Gasteiger partial charge is 0.246 e. The lowest BCUT2D eigenvalue weighted by atomic mass is 9.81. The Morgan fingerprint density at radius 3 is 2.69 bits per heavy atom. The maximum absolute atomic E-state index is 12.4. The van der Waals surface area contributed by atoms with Gasteiger partial charge in [-0.15, -0.1) is 0 Å². The molecule has 1 amide bonds. The molecular weight excluding hydrogens is 554 g/mol. The Kier molecular flexibility index (Phi) is 6.87. The molecule has 0 bridgehead atoms. The van der Waals surface area contributed by atoms with Gasteiger partial charge in [-0.05, 0) is 47.4 Å². The van der Waals surface area contributed by atoms with Crippen molar-refractivity contribution >= 4 is 54.7 Å². The Labute approximate surface area is 218 Å². The summed E-state index contributed by atoms with van der Waals surface area (Å²) >= 11 is 9.88. The van der Waals surface area contributed by atoms with Crippen molar-refractivity contribution in [3.63, 3.8) is 0 Å². The minimum Gasteiger partial charge on any atom is -0.377 e. The van der Waals surface area contributed by atoms with E-state index in [1.54, 1.807) is 0 Å². The normalized spacial score (nSPS) is 27.0. The number of alkyl halides is 1. The van der Waals surface area contributed by atoms with Crippen LogP contribution in [0.2, 0.25) is 0 Å². The average molecular weight is 581 g/mol. The SMILES string of the molecule is NC(=O)C1=CC(C2=CCC(OCCBr)C(Cl)=C2)=CC2c3ccc(N4CCS(=O)(=O)CC4)cc3NC12. The molecule has 0 spiro atoms. The zero-order valence-electron chi connectivity index (χ0n) is 19.0. The summed E-state index contributed by atoms with van der Waals surface area (Å²) in [6, 6.07) is 5.88. The van der Waals surface area contributed by atoms with Gasteiger partial charge in [0, 0.05) is 46.3 Å². The topological polar surface area (TPSA) is 102 Å². The highest BCUT2D eigenvalue weighted by Gasteiger charge is 2.38. The van der Waals surface area contributed by atoms with E-state index < -0.39 is 15.7 Å². The zero-order chi connectivity index (χ0) is 24.7. The highest BCUT2D eigenvalue weighted by Crippen LogP contribution is 2.45. The van der Waals surface area contributed by atoms with Crippen LogP contribution in [0.3, 0.4) is 0 Å². The van der Waals surface area contributed by atoms with Crippen LogP contribution in [-0.2, 0) is 19.4 Å². The van der Waals surface area contributed by atoms with Crippen LogP contribution in [0.25, 0.3) is 0 Å². The summed E-state index contributed by atoms with van der Waals surface area (Å²) in [6.07, 6.45) is 8.50. The van der Waals surface area contributed by atoms with Gasteiger partial charge in [-0.25, -0.2) is 8.42 Å². The molecule has 5 rings (SSSR count). The van der Waals surface area contributed by atoms with Crippen molar-refractivity contribution < 1.29 is 17.9 Å². The van der Waals surface area contributed by atoms with Crippen LogP contribution >= 0.6 is 27.5 Å². The molecule has 1 saturated heterocycles. The second-order valence-corrected chi connectivity index (χ2v) is 12.7. The number of hydrogen-bond donors (Lipinski definition) is 2. The summed E-state index contributed by atoms with van der Waals surface area (Å²) in [5, 5.41) is 4.86. The van der Waals surface area contributed by atoms with E-state index in [2.05, 4.69) is 44.4 Å². The fraction of sp³-hybridized carbons (Fsp3) is 0.400. The molecule has 3 N–H and O–H groups in total. The Balaban J connectivity index is 1.42. The molecule has 3 atom stereocenters. The summed E-state index contributed by atoms with van der Waals surface area (Å²) in [5.74, 6) is -0.191. The first-order valence-electron chi connectivity index (χ1n) is 11.6. The second kappa shape index (κ2) is 9.76. The molecule has 0 radical (unpaired) electrons. The van der Waals surface area contributed by atoms with E-state index in [0.29, 0.717) is 36.7 Å². The number of nitrogens with one attached hydrogen (secondary N) is 1. The molecule has 1 fully saturated rings. The quantitative estimate of drug-likeness (QED) is 0.501. The number of ether oxygens (including phenoxy) is 1. The number of amides is 1. The number of nitrogens with two attached hydrogens (primary N) is 1. The highest BCUT2D eigenvalue weighted by molar-refractivity contribution is 9.09. The molecule has 35 heavy (non-hydrogen) atoms. The predicted octanol–water partition coefficient (Wildman–Crippen LogP) is 3.38. The van der Waals surface area contributed by atoms with Crippen LogP contribution in [0.1, 0.15) is 17.9 Å². The molecule has 7 nitrogen and oxygen atoms in total. The van der Waals surface area contributed by atoms with Gasteiger partial charge in [0.2, 0.25) is 5.91 Å². The molecule has 1 aromatic carbocycles. The fourth-order valence-electron chi connectivity index (χ4n) is 5.11. The van der Waals surface area contributed by atoms with Crippen molar-refractivity contribution in [3.05, 3.63) is 69.8 Å². The molecule has 2 aliphatic heterocycles. The second-order valence-electron chi connectivity index (χ2n) is 9.12. The van der Waals surface area contributed by atoms with Crippen LogP contribution in [0.15, 0.2) is 64.3 Å². The average Bonchev–Trinajstić information content (AvgIpc) is 3.20. The minimum atomic E-state index is -2.95. The molecule has 3 unspecified atom stereocenters. The van der Waals surface area contributed by atoms with E-state index in [1.165, 1.54) is 0 Å². The number of sulfone groups is 1. The van der Waals surface area contributed by atoms with E-state index in [0.717, 1.165) is 33.4 Å². The maximum atomic E-state index is 12.4. The minimum absolute atomic E-state index is 0.0567. The van der Waals surface area contributed by atoms with Gasteiger partial charge in [-0.2, -0.15) is 0 Å². The van der Waals surface area contributed by atoms with Crippen molar-refractivity contribution in [1.29, 1.82) is 0 Å².